The molecular weight excluding hydrogens is 267 g/mol. The lowest BCUT2D eigenvalue weighted by molar-refractivity contribution is -0.116. The van der Waals surface area contributed by atoms with Gasteiger partial charge in [-0.25, -0.2) is 9.18 Å². The monoisotopic (exact) mass is 278 g/mol. The van der Waals surface area contributed by atoms with E-state index in [9.17, 15) is 18.8 Å². The molecule has 104 valence electrons. The van der Waals surface area contributed by atoms with E-state index in [1.54, 1.807) is 6.07 Å². The van der Waals surface area contributed by atoms with Gasteiger partial charge in [-0.1, -0.05) is 12.1 Å². The molecule has 0 radical (unpaired) electrons. The summed E-state index contributed by atoms with van der Waals surface area (Å²) >= 11 is 0. The largest absolute Gasteiger partial charge is 0.393 e. The van der Waals surface area contributed by atoms with Gasteiger partial charge in [-0.15, -0.1) is 0 Å². The Labute approximate surface area is 111 Å². The number of nitrogens with two attached hydrogens (primary N) is 1. The molecule has 1 heterocycles. The number of carbonyl (C=O) groups excluding carboxylic acids is 1. The first-order valence-electron chi connectivity index (χ1n) is 5.61. The summed E-state index contributed by atoms with van der Waals surface area (Å²) in [6.45, 7) is -0.395. The van der Waals surface area contributed by atoms with Crippen molar-refractivity contribution in [1.29, 1.82) is 0 Å². The molecule has 0 saturated carbocycles. The molecule has 20 heavy (non-hydrogen) atoms. The number of aromatic nitrogens is 2. The highest BCUT2D eigenvalue weighted by Gasteiger charge is 2.09. The first-order valence-corrected chi connectivity index (χ1v) is 5.61. The number of aromatic amines is 1. The number of nitrogen functional groups attached to an aromatic ring is 1. The van der Waals surface area contributed by atoms with Crippen LogP contribution in [-0.2, 0) is 11.3 Å². The van der Waals surface area contributed by atoms with Crippen LogP contribution in [0.15, 0.2) is 40.1 Å². The molecule has 1 aromatic heterocycles. The molecule has 0 aliphatic heterocycles. The van der Waals surface area contributed by atoms with E-state index in [2.05, 4.69) is 5.32 Å². The average molecular weight is 278 g/mol. The third-order valence-corrected chi connectivity index (χ3v) is 2.50. The second-order valence-corrected chi connectivity index (χ2v) is 4.00. The van der Waals surface area contributed by atoms with Crippen LogP contribution in [0.5, 0.6) is 0 Å². The van der Waals surface area contributed by atoms with Gasteiger partial charge in [0.05, 0.1) is 5.69 Å². The fourth-order valence-electron chi connectivity index (χ4n) is 1.55. The van der Waals surface area contributed by atoms with Gasteiger partial charge in [0.15, 0.2) is 0 Å². The number of benzene rings is 1. The van der Waals surface area contributed by atoms with Crippen LogP contribution in [0.2, 0.25) is 0 Å². The van der Waals surface area contributed by atoms with E-state index in [-0.39, 0.29) is 11.4 Å². The fraction of sp³-hybridized carbons (Fsp3) is 0.0833. The Morgan fingerprint density at radius 1 is 1.35 bits per heavy atom. The maximum atomic E-state index is 13.3. The summed E-state index contributed by atoms with van der Waals surface area (Å²) < 4.78 is 14.3. The SMILES string of the molecule is Nc1cn(CC(=O)Nc2ccccc2F)c(=O)[nH]c1=O. The Morgan fingerprint density at radius 2 is 2.05 bits per heavy atom. The lowest BCUT2D eigenvalue weighted by Crippen LogP contribution is -2.34. The molecule has 2 rings (SSSR count). The maximum Gasteiger partial charge on any atom is 0.328 e. The summed E-state index contributed by atoms with van der Waals surface area (Å²) in [4.78, 5) is 36.2. The second-order valence-electron chi connectivity index (χ2n) is 4.00. The molecule has 1 amide bonds. The number of hydrogen-bond donors (Lipinski definition) is 3. The number of anilines is 2. The number of halogens is 1. The zero-order valence-electron chi connectivity index (χ0n) is 10.2. The van der Waals surface area contributed by atoms with Crippen LogP contribution in [0.4, 0.5) is 15.8 Å². The second kappa shape index (κ2) is 5.39. The number of H-pyrrole nitrogens is 1. The van der Waals surface area contributed by atoms with Crippen molar-refractivity contribution in [2.24, 2.45) is 0 Å². The van der Waals surface area contributed by atoms with Gasteiger partial charge in [0.25, 0.3) is 5.56 Å². The van der Waals surface area contributed by atoms with Gasteiger partial charge < -0.3 is 11.1 Å². The Morgan fingerprint density at radius 3 is 2.75 bits per heavy atom. The standard InChI is InChI=1S/C12H11FN4O3/c13-7-3-1-2-4-9(7)15-10(18)6-17-5-8(14)11(19)16-12(17)20/h1-5H,6,14H2,(H,15,18)(H,16,19,20). The van der Waals surface area contributed by atoms with Gasteiger partial charge in [-0.3, -0.25) is 19.1 Å². The molecule has 0 fully saturated rings. The van der Waals surface area contributed by atoms with Crippen LogP contribution >= 0.6 is 0 Å². The van der Waals surface area contributed by atoms with Crippen molar-refractivity contribution in [1.82, 2.24) is 9.55 Å². The summed E-state index contributed by atoms with van der Waals surface area (Å²) in [6.07, 6.45) is 1.06. The molecule has 0 aliphatic carbocycles. The number of nitrogens with one attached hydrogen (secondary N) is 2. The van der Waals surface area contributed by atoms with Crippen LogP contribution in [0, 0.1) is 5.82 Å². The van der Waals surface area contributed by atoms with E-state index >= 15 is 0 Å². The smallest absolute Gasteiger partial charge is 0.328 e. The maximum absolute atomic E-state index is 13.3. The topological polar surface area (TPSA) is 110 Å². The highest BCUT2D eigenvalue weighted by atomic mass is 19.1. The third kappa shape index (κ3) is 2.91. The molecule has 0 atom stereocenters. The van der Waals surface area contributed by atoms with Gasteiger partial charge >= 0.3 is 5.69 Å². The molecular formula is C12H11FN4O3. The first kappa shape index (κ1) is 13.5. The summed E-state index contributed by atoms with van der Waals surface area (Å²) in [6, 6.07) is 5.62. The lowest BCUT2D eigenvalue weighted by atomic mass is 10.3. The Kier molecular flexibility index (Phi) is 3.65. The molecule has 0 aliphatic rings. The number of amides is 1. The minimum absolute atomic E-state index is 0.00273. The van der Waals surface area contributed by atoms with Crippen molar-refractivity contribution in [3.8, 4) is 0 Å². The number of hydrogen-bond acceptors (Lipinski definition) is 4. The first-order chi connectivity index (χ1) is 9.47. The van der Waals surface area contributed by atoms with Gasteiger partial charge in [0.1, 0.15) is 18.0 Å². The van der Waals surface area contributed by atoms with Crippen LogP contribution in [0.1, 0.15) is 0 Å². The number of nitrogens with zero attached hydrogens (tertiary/aromatic N) is 1. The minimum Gasteiger partial charge on any atom is -0.393 e. The minimum atomic E-state index is -0.770. The van der Waals surface area contributed by atoms with E-state index in [1.807, 2.05) is 4.98 Å². The van der Waals surface area contributed by atoms with Crippen LogP contribution < -0.4 is 22.3 Å². The molecule has 2 aromatic rings. The van der Waals surface area contributed by atoms with Crippen molar-refractivity contribution in [2.75, 3.05) is 11.1 Å². The van der Waals surface area contributed by atoms with Gasteiger partial charge in [0.2, 0.25) is 5.91 Å². The van der Waals surface area contributed by atoms with Crippen LogP contribution in [-0.4, -0.2) is 15.5 Å². The van der Waals surface area contributed by atoms with Crippen molar-refractivity contribution < 1.29 is 9.18 Å². The van der Waals surface area contributed by atoms with Gasteiger partial charge in [-0.05, 0) is 12.1 Å². The summed E-state index contributed by atoms with van der Waals surface area (Å²) in [5.41, 5.74) is 3.67. The quantitative estimate of drug-likeness (QED) is 0.728. The van der Waals surface area contributed by atoms with Crippen molar-refractivity contribution in [3.05, 3.63) is 57.1 Å². The molecule has 4 N–H and O–H groups in total. The molecule has 8 heteroatoms. The number of para-hydroxylation sites is 1. The van der Waals surface area contributed by atoms with Crippen LogP contribution in [0.3, 0.4) is 0 Å². The van der Waals surface area contributed by atoms with Gasteiger partial charge in [0, 0.05) is 6.20 Å². The van der Waals surface area contributed by atoms with E-state index < -0.39 is 29.5 Å². The predicted molar refractivity (Wildman–Crippen MR) is 70.8 cm³/mol. The molecule has 0 unspecified atom stereocenters. The highest BCUT2D eigenvalue weighted by molar-refractivity contribution is 5.90. The molecule has 0 spiro atoms. The lowest BCUT2D eigenvalue weighted by Gasteiger charge is -2.08. The van der Waals surface area contributed by atoms with Crippen molar-refractivity contribution in [2.45, 2.75) is 6.54 Å². The Bertz CT molecular complexity index is 766. The third-order valence-electron chi connectivity index (χ3n) is 2.50. The van der Waals surface area contributed by atoms with E-state index in [1.165, 1.54) is 18.2 Å². The van der Waals surface area contributed by atoms with Gasteiger partial charge in [-0.2, -0.15) is 0 Å². The Hall–Kier alpha value is -2.90. The van der Waals surface area contributed by atoms with Crippen molar-refractivity contribution >= 4 is 17.3 Å². The number of rotatable bonds is 3. The molecule has 7 nitrogen and oxygen atoms in total. The summed E-state index contributed by atoms with van der Waals surface area (Å²) in [5, 5.41) is 2.31. The number of carbonyl (C=O) groups is 1. The normalized spacial score (nSPS) is 10.2. The molecule has 0 saturated heterocycles. The zero-order chi connectivity index (χ0) is 14.7. The highest BCUT2D eigenvalue weighted by Crippen LogP contribution is 2.12. The average Bonchev–Trinajstić information content (AvgIpc) is 2.39. The summed E-state index contributed by atoms with van der Waals surface area (Å²) in [5.74, 6) is -1.21. The molecule has 0 bridgehead atoms. The molecule has 1 aromatic carbocycles. The predicted octanol–water partition coefficient (Wildman–Crippen LogP) is -0.103. The summed E-state index contributed by atoms with van der Waals surface area (Å²) in [7, 11) is 0. The Balaban J connectivity index is 2.17. The van der Waals surface area contributed by atoms with E-state index in [0.717, 1.165) is 10.8 Å². The van der Waals surface area contributed by atoms with Crippen LogP contribution in [0.25, 0.3) is 0 Å². The van der Waals surface area contributed by atoms with E-state index in [4.69, 9.17) is 5.73 Å². The van der Waals surface area contributed by atoms with E-state index in [0.29, 0.717) is 0 Å². The van der Waals surface area contributed by atoms with Crippen molar-refractivity contribution in [3.63, 3.8) is 0 Å². The zero-order valence-corrected chi connectivity index (χ0v) is 10.2. The fourth-order valence-corrected chi connectivity index (χ4v) is 1.55.